The molecule has 1 rings (SSSR count). The van der Waals surface area contributed by atoms with E-state index in [0.29, 0.717) is 6.04 Å². The summed E-state index contributed by atoms with van der Waals surface area (Å²) >= 11 is 0. The van der Waals surface area contributed by atoms with Crippen molar-refractivity contribution in [2.24, 2.45) is 5.73 Å². The second kappa shape index (κ2) is 13.2. The van der Waals surface area contributed by atoms with Gasteiger partial charge in [0.1, 0.15) is 0 Å². The SMILES string of the molecule is CCCCCCCCC(C)N.c1ccncc1. The van der Waals surface area contributed by atoms with E-state index in [4.69, 9.17) is 5.73 Å². The van der Waals surface area contributed by atoms with Crippen LogP contribution in [0, 0.1) is 0 Å². The van der Waals surface area contributed by atoms with E-state index >= 15 is 0 Å². The van der Waals surface area contributed by atoms with Crippen molar-refractivity contribution in [3.8, 4) is 0 Å². The first kappa shape index (κ1) is 16.1. The van der Waals surface area contributed by atoms with Crippen LogP contribution >= 0.6 is 0 Å². The molecule has 2 heteroatoms. The quantitative estimate of drug-likeness (QED) is 0.722. The zero-order valence-corrected chi connectivity index (χ0v) is 11.4. The van der Waals surface area contributed by atoms with Crippen LogP contribution in [0.2, 0.25) is 0 Å². The third-order valence-electron chi connectivity index (χ3n) is 2.58. The summed E-state index contributed by atoms with van der Waals surface area (Å²) in [5, 5.41) is 0. The summed E-state index contributed by atoms with van der Waals surface area (Å²) < 4.78 is 0. The molecule has 0 radical (unpaired) electrons. The van der Waals surface area contributed by atoms with Crippen LogP contribution in [0.25, 0.3) is 0 Å². The van der Waals surface area contributed by atoms with Crippen LogP contribution in [-0.4, -0.2) is 11.0 Å². The van der Waals surface area contributed by atoms with Gasteiger partial charge in [0.25, 0.3) is 0 Å². The maximum Gasteiger partial charge on any atom is 0.0267 e. The second-order valence-electron chi connectivity index (χ2n) is 4.56. The van der Waals surface area contributed by atoms with E-state index < -0.39 is 0 Å². The number of nitrogens with two attached hydrogens (primary N) is 1. The van der Waals surface area contributed by atoms with Crippen molar-refractivity contribution >= 4 is 0 Å². The number of pyridine rings is 1. The molecular formula is C15H28N2. The van der Waals surface area contributed by atoms with Crippen molar-refractivity contribution in [1.82, 2.24) is 4.98 Å². The molecule has 2 N–H and O–H groups in total. The first-order valence-electron chi connectivity index (χ1n) is 6.88. The van der Waals surface area contributed by atoms with Crippen LogP contribution in [-0.2, 0) is 0 Å². The number of hydrogen-bond acceptors (Lipinski definition) is 2. The van der Waals surface area contributed by atoms with E-state index in [9.17, 15) is 0 Å². The topological polar surface area (TPSA) is 38.9 Å². The van der Waals surface area contributed by atoms with Crippen molar-refractivity contribution in [2.45, 2.75) is 64.8 Å². The summed E-state index contributed by atoms with van der Waals surface area (Å²) in [5.41, 5.74) is 5.63. The Kier molecular flexibility index (Phi) is 12.5. The lowest BCUT2D eigenvalue weighted by molar-refractivity contribution is 0.554. The van der Waals surface area contributed by atoms with Gasteiger partial charge in [-0.3, -0.25) is 4.98 Å². The molecule has 17 heavy (non-hydrogen) atoms. The van der Waals surface area contributed by atoms with E-state index in [1.807, 2.05) is 18.2 Å². The lowest BCUT2D eigenvalue weighted by Crippen LogP contribution is -2.13. The van der Waals surface area contributed by atoms with Gasteiger partial charge in [-0.1, -0.05) is 51.5 Å². The van der Waals surface area contributed by atoms with Gasteiger partial charge in [-0.05, 0) is 25.5 Å². The first-order chi connectivity index (χ1) is 8.27. The van der Waals surface area contributed by atoms with Crippen molar-refractivity contribution in [3.05, 3.63) is 30.6 Å². The molecule has 1 aromatic rings. The third kappa shape index (κ3) is 15.1. The highest BCUT2D eigenvalue weighted by Gasteiger charge is 1.93. The molecule has 1 unspecified atom stereocenters. The van der Waals surface area contributed by atoms with E-state index in [-0.39, 0.29) is 0 Å². The van der Waals surface area contributed by atoms with Gasteiger partial charge in [0.05, 0.1) is 0 Å². The molecule has 0 aliphatic carbocycles. The van der Waals surface area contributed by atoms with Gasteiger partial charge in [-0.2, -0.15) is 0 Å². The van der Waals surface area contributed by atoms with E-state index in [1.165, 1.54) is 44.9 Å². The molecule has 0 spiro atoms. The van der Waals surface area contributed by atoms with Gasteiger partial charge in [0, 0.05) is 18.4 Å². The Morgan fingerprint density at radius 1 is 0.941 bits per heavy atom. The first-order valence-corrected chi connectivity index (χ1v) is 6.88. The van der Waals surface area contributed by atoms with Crippen LogP contribution < -0.4 is 5.73 Å². The monoisotopic (exact) mass is 236 g/mol. The molecule has 1 heterocycles. The molecule has 0 bridgehead atoms. The van der Waals surface area contributed by atoms with Gasteiger partial charge < -0.3 is 5.73 Å². The average Bonchev–Trinajstić information content (AvgIpc) is 2.36. The van der Waals surface area contributed by atoms with Gasteiger partial charge in [0.15, 0.2) is 0 Å². The minimum absolute atomic E-state index is 0.404. The number of rotatable bonds is 7. The fourth-order valence-corrected chi connectivity index (χ4v) is 1.56. The fraction of sp³-hybridized carbons (Fsp3) is 0.667. The summed E-state index contributed by atoms with van der Waals surface area (Å²) in [5.74, 6) is 0. The van der Waals surface area contributed by atoms with Crippen LogP contribution in [0.5, 0.6) is 0 Å². The maximum atomic E-state index is 5.63. The minimum Gasteiger partial charge on any atom is -0.328 e. The fourth-order valence-electron chi connectivity index (χ4n) is 1.56. The predicted molar refractivity (Wildman–Crippen MR) is 75.9 cm³/mol. The predicted octanol–water partition coefficient (Wildman–Crippen LogP) is 4.17. The molecule has 0 saturated heterocycles. The highest BCUT2D eigenvalue weighted by atomic mass is 14.6. The number of hydrogen-bond donors (Lipinski definition) is 1. The molecule has 0 amide bonds. The van der Waals surface area contributed by atoms with Crippen LogP contribution in [0.1, 0.15) is 58.8 Å². The second-order valence-corrected chi connectivity index (χ2v) is 4.56. The van der Waals surface area contributed by atoms with Crippen molar-refractivity contribution in [1.29, 1.82) is 0 Å². The van der Waals surface area contributed by atoms with Gasteiger partial charge in [0.2, 0.25) is 0 Å². The third-order valence-corrected chi connectivity index (χ3v) is 2.58. The molecule has 2 nitrogen and oxygen atoms in total. The van der Waals surface area contributed by atoms with E-state index in [2.05, 4.69) is 18.8 Å². The Hall–Kier alpha value is -0.890. The number of nitrogens with zero attached hydrogens (tertiary/aromatic N) is 1. The highest BCUT2D eigenvalue weighted by molar-refractivity contribution is 4.88. The summed E-state index contributed by atoms with van der Waals surface area (Å²) in [7, 11) is 0. The molecule has 0 fully saturated rings. The molecule has 1 atom stereocenters. The highest BCUT2D eigenvalue weighted by Crippen LogP contribution is 2.07. The van der Waals surface area contributed by atoms with Crippen LogP contribution in [0.4, 0.5) is 0 Å². The van der Waals surface area contributed by atoms with Crippen LogP contribution in [0.3, 0.4) is 0 Å². The summed E-state index contributed by atoms with van der Waals surface area (Å²) in [6, 6.07) is 6.12. The standard InChI is InChI=1S/C10H23N.C5H5N/c1-3-4-5-6-7-8-9-10(2)11;1-2-4-6-5-3-1/h10H,3-9,11H2,1-2H3;1-5H. The van der Waals surface area contributed by atoms with E-state index in [1.54, 1.807) is 12.4 Å². The van der Waals surface area contributed by atoms with Crippen molar-refractivity contribution in [3.63, 3.8) is 0 Å². The van der Waals surface area contributed by atoms with Gasteiger partial charge in [-0.15, -0.1) is 0 Å². The lowest BCUT2D eigenvalue weighted by Gasteiger charge is -2.03. The summed E-state index contributed by atoms with van der Waals surface area (Å²) in [4.78, 5) is 3.78. The normalized spacial score (nSPS) is 11.5. The zero-order valence-electron chi connectivity index (χ0n) is 11.4. The largest absolute Gasteiger partial charge is 0.328 e. The molecular weight excluding hydrogens is 208 g/mol. The Morgan fingerprint density at radius 2 is 1.53 bits per heavy atom. The molecule has 0 aliphatic rings. The smallest absolute Gasteiger partial charge is 0.0267 e. The maximum absolute atomic E-state index is 5.63. The minimum atomic E-state index is 0.404. The molecule has 0 aromatic carbocycles. The number of unbranched alkanes of at least 4 members (excludes halogenated alkanes) is 5. The number of aromatic nitrogens is 1. The summed E-state index contributed by atoms with van der Waals surface area (Å²) in [6.07, 6.45) is 13.0. The van der Waals surface area contributed by atoms with Crippen LogP contribution in [0.15, 0.2) is 30.6 Å². The summed E-state index contributed by atoms with van der Waals surface area (Å²) in [6.45, 7) is 4.34. The molecule has 1 aromatic heterocycles. The lowest BCUT2D eigenvalue weighted by atomic mass is 10.1. The average molecular weight is 236 g/mol. The van der Waals surface area contributed by atoms with Crippen molar-refractivity contribution in [2.75, 3.05) is 0 Å². The Morgan fingerprint density at radius 3 is 1.94 bits per heavy atom. The molecule has 0 aliphatic heterocycles. The van der Waals surface area contributed by atoms with E-state index in [0.717, 1.165) is 0 Å². The Bertz CT molecular complexity index is 195. The Labute approximate surface area is 107 Å². The Balaban J connectivity index is 0.000000354. The molecule has 98 valence electrons. The molecule has 0 saturated carbocycles. The van der Waals surface area contributed by atoms with Gasteiger partial charge in [-0.25, -0.2) is 0 Å². The van der Waals surface area contributed by atoms with Gasteiger partial charge >= 0.3 is 0 Å². The van der Waals surface area contributed by atoms with Crippen molar-refractivity contribution < 1.29 is 0 Å². The zero-order chi connectivity index (χ0) is 12.8.